The van der Waals surface area contributed by atoms with E-state index < -0.39 is 0 Å². The molecule has 2 rings (SSSR count). The molecule has 3 N–H and O–H groups in total. The second-order valence-electron chi connectivity index (χ2n) is 7.50. The molecule has 0 fully saturated rings. The zero-order valence-electron chi connectivity index (χ0n) is 19.5. The van der Waals surface area contributed by atoms with E-state index in [1.54, 1.807) is 7.11 Å². The number of anilines is 1. The average Bonchev–Trinajstić information content (AvgIpc) is 2.77. The molecule has 1 unspecified atom stereocenters. The minimum Gasteiger partial charge on any atom is -0.493 e. The van der Waals surface area contributed by atoms with Crippen molar-refractivity contribution in [3.8, 4) is 11.5 Å². The number of carbonyl (C=O) groups is 1. The van der Waals surface area contributed by atoms with Crippen molar-refractivity contribution in [2.75, 3.05) is 25.5 Å². The number of rotatable bonds is 10. The lowest BCUT2D eigenvalue weighted by molar-refractivity contribution is -0.118. The number of carbonyl (C=O) groups excluding carboxylic acids is 1. The van der Waals surface area contributed by atoms with Crippen LogP contribution in [-0.2, 0) is 11.3 Å². The minimum absolute atomic E-state index is 0. The van der Waals surface area contributed by atoms with Gasteiger partial charge in [-0.1, -0.05) is 38.1 Å². The van der Waals surface area contributed by atoms with Crippen LogP contribution in [0.5, 0.6) is 11.5 Å². The first-order valence-electron chi connectivity index (χ1n) is 10.6. The predicted molar refractivity (Wildman–Crippen MR) is 141 cm³/mol. The third-order valence-corrected chi connectivity index (χ3v) is 4.46. The molecule has 2 aromatic carbocycles. The van der Waals surface area contributed by atoms with Crippen LogP contribution in [-0.4, -0.2) is 38.2 Å². The van der Waals surface area contributed by atoms with Crippen molar-refractivity contribution in [3.63, 3.8) is 0 Å². The van der Waals surface area contributed by atoms with E-state index in [2.05, 4.69) is 20.9 Å². The molecule has 32 heavy (non-hydrogen) atoms. The number of nitrogens with zero attached hydrogens (tertiary/aromatic N) is 1. The van der Waals surface area contributed by atoms with Gasteiger partial charge in [-0.15, -0.1) is 24.0 Å². The molecule has 0 saturated heterocycles. The Morgan fingerprint density at radius 3 is 2.25 bits per heavy atom. The number of amides is 1. The fourth-order valence-electron chi connectivity index (χ4n) is 2.71. The zero-order valence-corrected chi connectivity index (χ0v) is 21.8. The number of hydrogen-bond donors (Lipinski definition) is 3. The molecule has 7 nitrogen and oxygen atoms in total. The van der Waals surface area contributed by atoms with Crippen molar-refractivity contribution in [3.05, 3.63) is 54.1 Å². The Morgan fingerprint density at radius 2 is 1.66 bits per heavy atom. The van der Waals surface area contributed by atoms with Crippen molar-refractivity contribution < 1.29 is 14.3 Å². The minimum atomic E-state index is -0.0796. The van der Waals surface area contributed by atoms with Crippen molar-refractivity contribution in [2.45, 2.75) is 40.3 Å². The van der Waals surface area contributed by atoms with Crippen molar-refractivity contribution in [1.82, 2.24) is 10.6 Å². The summed E-state index contributed by atoms with van der Waals surface area (Å²) in [7, 11) is 1.63. The van der Waals surface area contributed by atoms with Gasteiger partial charge in [0.15, 0.2) is 17.5 Å². The lowest BCUT2D eigenvalue weighted by Gasteiger charge is -2.19. The van der Waals surface area contributed by atoms with Gasteiger partial charge in [-0.25, -0.2) is 4.99 Å². The summed E-state index contributed by atoms with van der Waals surface area (Å²) in [5, 5.41) is 9.45. The number of para-hydroxylation sites is 2. The standard InChI is InChI=1S/C24H34N4O3.HI/c1-6-25-24(26-15-18(4)31-22-10-8-7-9-21(22)30-5)27-16-19-11-13-20(14-12-19)28-23(29)17(2)3;/h7-14,17-18H,6,15-16H2,1-5H3,(H,28,29)(H2,25,26,27);1H. The maximum Gasteiger partial charge on any atom is 0.226 e. The number of aliphatic imine (C=N–C) groups is 1. The van der Waals surface area contributed by atoms with Gasteiger partial charge in [0.2, 0.25) is 5.91 Å². The van der Waals surface area contributed by atoms with Gasteiger partial charge >= 0.3 is 0 Å². The number of ether oxygens (including phenoxy) is 2. The number of hydrogen-bond acceptors (Lipinski definition) is 4. The second kappa shape index (κ2) is 14.5. The van der Waals surface area contributed by atoms with Gasteiger partial charge < -0.3 is 25.4 Å². The van der Waals surface area contributed by atoms with E-state index in [1.165, 1.54) is 0 Å². The van der Waals surface area contributed by atoms with E-state index in [1.807, 2.05) is 76.2 Å². The van der Waals surface area contributed by atoms with Crippen molar-refractivity contribution >= 4 is 41.5 Å². The molecule has 176 valence electrons. The van der Waals surface area contributed by atoms with Gasteiger partial charge in [-0.2, -0.15) is 0 Å². The molecule has 2 aromatic rings. The fourth-order valence-corrected chi connectivity index (χ4v) is 2.71. The molecule has 1 amide bonds. The first-order chi connectivity index (χ1) is 14.9. The average molecular weight is 554 g/mol. The summed E-state index contributed by atoms with van der Waals surface area (Å²) < 4.78 is 11.3. The first kappa shape index (κ1) is 27.5. The van der Waals surface area contributed by atoms with Crippen LogP contribution >= 0.6 is 24.0 Å². The highest BCUT2D eigenvalue weighted by molar-refractivity contribution is 14.0. The third kappa shape index (κ3) is 9.33. The molecule has 0 aliphatic rings. The van der Waals surface area contributed by atoms with E-state index >= 15 is 0 Å². The summed E-state index contributed by atoms with van der Waals surface area (Å²) in [5.74, 6) is 2.10. The molecule has 0 aliphatic heterocycles. The highest BCUT2D eigenvalue weighted by Gasteiger charge is 2.10. The molecule has 0 aromatic heterocycles. The van der Waals surface area contributed by atoms with Gasteiger partial charge in [-0.05, 0) is 43.7 Å². The van der Waals surface area contributed by atoms with Crippen LogP contribution in [0.3, 0.4) is 0 Å². The Labute approximate surface area is 208 Å². The summed E-state index contributed by atoms with van der Waals surface area (Å²) in [4.78, 5) is 16.4. The molecule has 8 heteroatoms. The molecule has 0 bridgehead atoms. The van der Waals surface area contributed by atoms with Crippen LogP contribution in [0.2, 0.25) is 0 Å². The van der Waals surface area contributed by atoms with Crippen LogP contribution in [0, 0.1) is 5.92 Å². The maximum atomic E-state index is 11.8. The zero-order chi connectivity index (χ0) is 22.6. The SMILES string of the molecule is CCNC(=NCc1ccc(NC(=O)C(C)C)cc1)NCC(C)Oc1ccccc1OC.I. The quantitative estimate of drug-likeness (QED) is 0.230. The summed E-state index contributed by atoms with van der Waals surface area (Å²) in [5.41, 5.74) is 1.84. The lowest BCUT2D eigenvalue weighted by Crippen LogP contribution is -2.41. The Hall–Kier alpha value is -2.49. The predicted octanol–water partition coefficient (Wildman–Crippen LogP) is 4.43. The number of methoxy groups -OCH3 is 1. The molecule has 0 spiro atoms. The summed E-state index contributed by atoms with van der Waals surface area (Å²) >= 11 is 0. The number of halogens is 1. The first-order valence-corrected chi connectivity index (χ1v) is 10.6. The van der Waals surface area contributed by atoms with Crippen LogP contribution in [0.15, 0.2) is 53.5 Å². The van der Waals surface area contributed by atoms with Gasteiger partial charge in [0.25, 0.3) is 0 Å². The Balaban J connectivity index is 0.00000512. The van der Waals surface area contributed by atoms with Gasteiger partial charge in [0.05, 0.1) is 20.2 Å². The van der Waals surface area contributed by atoms with E-state index in [-0.39, 0.29) is 41.9 Å². The molecular weight excluding hydrogens is 519 g/mol. The molecule has 0 heterocycles. The van der Waals surface area contributed by atoms with Gasteiger partial charge in [-0.3, -0.25) is 4.79 Å². The molecule has 1 atom stereocenters. The molecule has 0 radical (unpaired) electrons. The summed E-state index contributed by atoms with van der Waals surface area (Å²) in [6, 6.07) is 15.3. The van der Waals surface area contributed by atoms with Crippen LogP contribution in [0.4, 0.5) is 5.69 Å². The van der Waals surface area contributed by atoms with Crippen LogP contribution in [0.1, 0.15) is 33.3 Å². The largest absolute Gasteiger partial charge is 0.493 e. The molecule has 0 aliphatic carbocycles. The number of nitrogens with one attached hydrogen (secondary N) is 3. The van der Waals surface area contributed by atoms with Crippen LogP contribution in [0.25, 0.3) is 0 Å². The Bertz CT molecular complexity index is 857. The highest BCUT2D eigenvalue weighted by atomic mass is 127. The van der Waals surface area contributed by atoms with Crippen molar-refractivity contribution in [2.24, 2.45) is 10.9 Å². The second-order valence-corrected chi connectivity index (χ2v) is 7.50. The molecule has 0 saturated carbocycles. The number of guanidine groups is 1. The van der Waals surface area contributed by atoms with E-state index in [0.29, 0.717) is 24.6 Å². The fraction of sp³-hybridized carbons (Fsp3) is 0.417. The highest BCUT2D eigenvalue weighted by Crippen LogP contribution is 2.26. The Morgan fingerprint density at radius 1 is 1.00 bits per heavy atom. The smallest absolute Gasteiger partial charge is 0.226 e. The monoisotopic (exact) mass is 554 g/mol. The summed E-state index contributed by atoms with van der Waals surface area (Å²) in [6.07, 6.45) is -0.0796. The topological polar surface area (TPSA) is 84.0 Å². The van der Waals surface area contributed by atoms with Gasteiger partial charge in [0, 0.05) is 18.2 Å². The molecular formula is C24H35IN4O3. The van der Waals surface area contributed by atoms with Gasteiger partial charge in [0.1, 0.15) is 6.10 Å². The normalized spacial score (nSPS) is 11.9. The third-order valence-electron chi connectivity index (χ3n) is 4.46. The summed E-state index contributed by atoms with van der Waals surface area (Å²) in [6.45, 7) is 9.63. The van der Waals surface area contributed by atoms with E-state index in [9.17, 15) is 4.79 Å². The maximum absolute atomic E-state index is 11.8. The van der Waals surface area contributed by atoms with Crippen LogP contribution < -0.4 is 25.4 Å². The lowest BCUT2D eigenvalue weighted by atomic mass is 10.2. The number of benzene rings is 2. The van der Waals surface area contributed by atoms with Crippen molar-refractivity contribution in [1.29, 1.82) is 0 Å². The van der Waals surface area contributed by atoms with E-state index in [4.69, 9.17) is 9.47 Å². The van der Waals surface area contributed by atoms with E-state index in [0.717, 1.165) is 23.8 Å². The Kier molecular flexibility index (Phi) is 12.5.